The highest BCUT2D eigenvalue weighted by atomic mass is 79.9. The molecule has 1 N–H and O–H groups in total. The van der Waals surface area contributed by atoms with Gasteiger partial charge >= 0.3 is 0 Å². The van der Waals surface area contributed by atoms with Gasteiger partial charge in [-0.15, -0.1) is 0 Å². The van der Waals surface area contributed by atoms with E-state index in [9.17, 15) is 4.79 Å². The second kappa shape index (κ2) is 10.3. The average molecular weight is 498 g/mol. The van der Waals surface area contributed by atoms with Crippen LogP contribution in [0.1, 0.15) is 29.9 Å². The molecule has 1 aromatic heterocycles. The fraction of sp³-hybridized carbons (Fsp3) is 0.360. The van der Waals surface area contributed by atoms with Gasteiger partial charge < -0.3 is 14.5 Å². The van der Waals surface area contributed by atoms with E-state index in [1.807, 2.05) is 55.5 Å². The van der Waals surface area contributed by atoms with Gasteiger partial charge in [0.25, 0.3) is 0 Å². The molecule has 2 heterocycles. The molecule has 6 nitrogen and oxygen atoms in total. The predicted octanol–water partition coefficient (Wildman–Crippen LogP) is 4.95. The molecule has 32 heavy (non-hydrogen) atoms. The van der Waals surface area contributed by atoms with Crippen molar-refractivity contribution in [1.29, 1.82) is 0 Å². The zero-order valence-corrected chi connectivity index (χ0v) is 20.0. The Hall–Kier alpha value is -2.64. The summed E-state index contributed by atoms with van der Waals surface area (Å²) in [4.78, 5) is 19.7. The SMILES string of the molecule is COc1ccc(CNC(=O)C2CCN(Cc3nc(-c4cccc(Br)c4)oc3C)CC2)cc1. The Morgan fingerprint density at radius 3 is 2.66 bits per heavy atom. The first-order valence-corrected chi connectivity index (χ1v) is 11.7. The van der Waals surface area contributed by atoms with E-state index in [1.165, 1.54) is 0 Å². The van der Waals surface area contributed by atoms with Crippen LogP contribution in [-0.2, 0) is 17.9 Å². The van der Waals surface area contributed by atoms with Gasteiger partial charge in [0.2, 0.25) is 11.8 Å². The molecule has 0 atom stereocenters. The Labute approximate surface area is 197 Å². The number of carbonyl (C=O) groups is 1. The number of hydrogen-bond donors (Lipinski definition) is 1. The number of aromatic nitrogens is 1. The first kappa shape index (κ1) is 22.6. The number of hydrogen-bond acceptors (Lipinski definition) is 5. The summed E-state index contributed by atoms with van der Waals surface area (Å²) in [6.45, 7) is 4.99. The van der Waals surface area contributed by atoms with Gasteiger partial charge in [-0.05, 0) is 68.8 Å². The highest BCUT2D eigenvalue weighted by molar-refractivity contribution is 9.10. The zero-order valence-electron chi connectivity index (χ0n) is 18.4. The lowest BCUT2D eigenvalue weighted by molar-refractivity contribution is -0.126. The highest BCUT2D eigenvalue weighted by Crippen LogP contribution is 2.26. The molecular formula is C25H28BrN3O3. The van der Waals surface area contributed by atoms with E-state index in [-0.39, 0.29) is 11.8 Å². The van der Waals surface area contributed by atoms with Crippen LogP contribution >= 0.6 is 15.9 Å². The minimum atomic E-state index is 0.0557. The number of benzene rings is 2. The number of likely N-dealkylation sites (tertiary alicyclic amines) is 1. The number of piperidine rings is 1. The maximum Gasteiger partial charge on any atom is 0.226 e. The topological polar surface area (TPSA) is 67.6 Å². The van der Waals surface area contributed by atoms with Crippen LogP contribution in [-0.4, -0.2) is 36.0 Å². The molecule has 0 saturated carbocycles. The van der Waals surface area contributed by atoms with Crippen molar-refractivity contribution in [3.05, 3.63) is 70.0 Å². The van der Waals surface area contributed by atoms with Crippen LogP contribution in [0.2, 0.25) is 0 Å². The first-order chi connectivity index (χ1) is 15.5. The van der Waals surface area contributed by atoms with Gasteiger partial charge in [-0.3, -0.25) is 9.69 Å². The number of halogens is 1. The van der Waals surface area contributed by atoms with E-state index >= 15 is 0 Å². The molecule has 3 aromatic rings. The van der Waals surface area contributed by atoms with E-state index in [2.05, 4.69) is 26.1 Å². The molecule has 1 fully saturated rings. The third-order valence-electron chi connectivity index (χ3n) is 5.92. The van der Waals surface area contributed by atoms with Crippen molar-refractivity contribution in [2.45, 2.75) is 32.9 Å². The van der Waals surface area contributed by atoms with Crippen LogP contribution in [0, 0.1) is 12.8 Å². The summed E-state index contributed by atoms with van der Waals surface area (Å²) in [5.74, 6) is 2.50. The van der Waals surface area contributed by atoms with Crippen molar-refractivity contribution in [3.63, 3.8) is 0 Å². The molecule has 0 spiro atoms. The number of nitrogens with zero attached hydrogens (tertiary/aromatic N) is 2. The van der Waals surface area contributed by atoms with Gasteiger partial charge in [-0.2, -0.15) is 0 Å². The van der Waals surface area contributed by atoms with E-state index in [0.717, 1.165) is 65.3 Å². The molecule has 1 aliphatic heterocycles. The minimum Gasteiger partial charge on any atom is -0.497 e. The Morgan fingerprint density at radius 1 is 1.22 bits per heavy atom. The summed E-state index contributed by atoms with van der Waals surface area (Å²) in [5.41, 5.74) is 2.99. The molecule has 4 rings (SSSR count). The maximum atomic E-state index is 12.6. The minimum absolute atomic E-state index is 0.0557. The fourth-order valence-corrected chi connectivity index (χ4v) is 4.36. The van der Waals surface area contributed by atoms with Crippen LogP contribution in [0.5, 0.6) is 5.75 Å². The Kier molecular flexibility index (Phi) is 7.27. The molecule has 7 heteroatoms. The molecule has 0 radical (unpaired) electrons. The largest absolute Gasteiger partial charge is 0.497 e. The third-order valence-corrected chi connectivity index (χ3v) is 6.42. The number of ether oxygens (including phenoxy) is 1. The van der Waals surface area contributed by atoms with Crippen molar-refractivity contribution in [2.75, 3.05) is 20.2 Å². The zero-order chi connectivity index (χ0) is 22.5. The van der Waals surface area contributed by atoms with Crippen LogP contribution in [0.15, 0.2) is 57.4 Å². The molecule has 1 saturated heterocycles. The van der Waals surface area contributed by atoms with Crippen molar-refractivity contribution >= 4 is 21.8 Å². The number of aryl methyl sites for hydroxylation is 1. The van der Waals surface area contributed by atoms with Crippen LogP contribution in [0.3, 0.4) is 0 Å². The number of rotatable bonds is 7. The lowest BCUT2D eigenvalue weighted by atomic mass is 9.95. The predicted molar refractivity (Wildman–Crippen MR) is 127 cm³/mol. The summed E-state index contributed by atoms with van der Waals surface area (Å²) in [6, 6.07) is 15.7. The van der Waals surface area contributed by atoms with Crippen molar-refractivity contribution < 1.29 is 13.9 Å². The molecule has 168 valence electrons. The van der Waals surface area contributed by atoms with E-state index in [1.54, 1.807) is 7.11 Å². The van der Waals surface area contributed by atoms with Gasteiger partial charge in [-0.25, -0.2) is 4.98 Å². The second-order valence-electron chi connectivity index (χ2n) is 8.15. The first-order valence-electron chi connectivity index (χ1n) is 10.9. The normalized spacial score (nSPS) is 15.0. The molecular weight excluding hydrogens is 470 g/mol. The number of oxazole rings is 1. The van der Waals surface area contributed by atoms with E-state index in [0.29, 0.717) is 12.4 Å². The quantitative estimate of drug-likeness (QED) is 0.500. The van der Waals surface area contributed by atoms with E-state index < -0.39 is 0 Å². The van der Waals surface area contributed by atoms with Crippen LogP contribution in [0.25, 0.3) is 11.5 Å². The summed E-state index contributed by atoms with van der Waals surface area (Å²) in [7, 11) is 1.65. The highest BCUT2D eigenvalue weighted by Gasteiger charge is 2.26. The van der Waals surface area contributed by atoms with Gasteiger partial charge in [0.05, 0.1) is 12.8 Å². The summed E-state index contributed by atoms with van der Waals surface area (Å²) < 4.78 is 12.1. The standard InChI is InChI=1S/C25H28BrN3O3/c1-17-23(28-25(32-17)20-4-3-5-21(26)14-20)16-29-12-10-19(11-13-29)24(30)27-15-18-6-8-22(31-2)9-7-18/h3-9,14,19H,10-13,15-16H2,1-2H3,(H,27,30). The summed E-state index contributed by atoms with van der Waals surface area (Å²) in [6.07, 6.45) is 1.70. The van der Waals surface area contributed by atoms with Crippen molar-refractivity contribution in [1.82, 2.24) is 15.2 Å². The fourth-order valence-electron chi connectivity index (χ4n) is 3.96. The molecule has 0 aliphatic carbocycles. The van der Waals surface area contributed by atoms with Crippen LogP contribution in [0.4, 0.5) is 0 Å². The molecule has 1 aliphatic rings. The van der Waals surface area contributed by atoms with Crippen molar-refractivity contribution in [3.8, 4) is 17.2 Å². The van der Waals surface area contributed by atoms with E-state index in [4.69, 9.17) is 14.1 Å². The third kappa shape index (κ3) is 5.58. The average Bonchev–Trinajstić information content (AvgIpc) is 3.18. The number of carbonyl (C=O) groups excluding carboxylic acids is 1. The lowest BCUT2D eigenvalue weighted by Crippen LogP contribution is -2.40. The van der Waals surface area contributed by atoms with Crippen molar-refractivity contribution in [2.24, 2.45) is 5.92 Å². The Balaban J connectivity index is 1.27. The Morgan fingerprint density at radius 2 is 1.97 bits per heavy atom. The summed E-state index contributed by atoms with van der Waals surface area (Å²) >= 11 is 3.50. The van der Waals surface area contributed by atoms with Gasteiger partial charge in [0, 0.05) is 29.0 Å². The van der Waals surface area contributed by atoms with Gasteiger partial charge in [0.1, 0.15) is 11.5 Å². The van der Waals surface area contributed by atoms with Gasteiger partial charge in [0.15, 0.2) is 0 Å². The smallest absolute Gasteiger partial charge is 0.226 e. The molecule has 0 unspecified atom stereocenters. The lowest BCUT2D eigenvalue weighted by Gasteiger charge is -2.30. The second-order valence-corrected chi connectivity index (χ2v) is 9.06. The Bertz CT molecular complexity index is 1060. The maximum absolute atomic E-state index is 12.6. The monoisotopic (exact) mass is 497 g/mol. The number of nitrogens with one attached hydrogen (secondary N) is 1. The summed E-state index contributed by atoms with van der Waals surface area (Å²) in [5, 5.41) is 3.08. The molecule has 2 aromatic carbocycles. The molecule has 1 amide bonds. The van der Waals surface area contributed by atoms with Crippen LogP contribution < -0.4 is 10.1 Å². The molecule has 0 bridgehead atoms. The number of amides is 1. The number of methoxy groups -OCH3 is 1. The van der Waals surface area contributed by atoms with Gasteiger partial charge in [-0.1, -0.05) is 34.1 Å².